The molecule has 3 nitrogen and oxygen atoms in total. The summed E-state index contributed by atoms with van der Waals surface area (Å²) in [5.41, 5.74) is 2.57. The van der Waals surface area contributed by atoms with Crippen LogP contribution < -0.4 is 5.32 Å². The maximum Gasteiger partial charge on any atom is 0.320 e. The van der Waals surface area contributed by atoms with Crippen LogP contribution in [-0.2, 0) is 17.6 Å². The second-order valence-electron chi connectivity index (χ2n) is 5.71. The molecule has 3 heteroatoms. The van der Waals surface area contributed by atoms with Crippen LogP contribution in [0.2, 0.25) is 0 Å². The van der Waals surface area contributed by atoms with E-state index in [1.54, 1.807) is 6.92 Å². The van der Waals surface area contributed by atoms with Gasteiger partial charge in [0, 0.05) is 0 Å². The Hall–Kier alpha value is -2.13. The molecule has 0 heterocycles. The first-order chi connectivity index (χ1) is 10.6. The van der Waals surface area contributed by atoms with Crippen molar-refractivity contribution < 1.29 is 9.90 Å². The van der Waals surface area contributed by atoms with Crippen molar-refractivity contribution in [2.45, 2.75) is 25.8 Å². The van der Waals surface area contributed by atoms with Gasteiger partial charge < -0.3 is 10.4 Å². The predicted molar refractivity (Wildman–Crippen MR) is 88.9 cm³/mol. The Bertz CT molecular complexity index is 527. The number of hydrogen-bond acceptors (Lipinski definition) is 2. The fraction of sp³-hybridized carbons (Fsp3) is 0.316. The number of carboxylic acids is 1. The highest BCUT2D eigenvalue weighted by molar-refractivity contribution is 5.72. The van der Waals surface area contributed by atoms with Crippen molar-refractivity contribution in [2.24, 2.45) is 5.92 Å². The van der Waals surface area contributed by atoms with Gasteiger partial charge in [-0.2, -0.15) is 0 Å². The van der Waals surface area contributed by atoms with E-state index >= 15 is 0 Å². The molecule has 0 saturated heterocycles. The molecule has 2 aromatic rings. The van der Waals surface area contributed by atoms with Crippen LogP contribution in [0.25, 0.3) is 0 Å². The molecular weight excluding hydrogens is 274 g/mol. The van der Waals surface area contributed by atoms with Gasteiger partial charge in [0.15, 0.2) is 0 Å². The third-order valence-corrected chi connectivity index (χ3v) is 3.82. The summed E-state index contributed by atoms with van der Waals surface area (Å²) in [6, 6.07) is 20.2. The second-order valence-corrected chi connectivity index (χ2v) is 5.71. The largest absolute Gasteiger partial charge is 0.480 e. The summed E-state index contributed by atoms with van der Waals surface area (Å²) in [5, 5.41) is 12.1. The molecule has 0 unspecified atom stereocenters. The highest BCUT2D eigenvalue weighted by atomic mass is 16.4. The molecule has 2 aromatic carbocycles. The zero-order chi connectivity index (χ0) is 15.8. The van der Waals surface area contributed by atoms with Crippen LogP contribution in [0.4, 0.5) is 0 Å². The number of carbonyl (C=O) groups is 1. The highest BCUT2D eigenvalue weighted by Gasteiger charge is 2.15. The molecule has 0 spiro atoms. The van der Waals surface area contributed by atoms with Crippen molar-refractivity contribution in [3.63, 3.8) is 0 Å². The Balaban J connectivity index is 2.01. The first-order valence-corrected chi connectivity index (χ1v) is 7.69. The Labute approximate surface area is 132 Å². The molecule has 116 valence electrons. The number of rotatable bonds is 8. The second kappa shape index (κ2) is 8.35. The van der Waals surface area contributed by atoms with Gasteiger partial charge in [-0.05, 0) is 43.4 Å². The first-order valence-electron chi connectivity index (χ1n) is 7.69. The summed E-state index contributed by atoms with van der Waals surface area (Å²) in [5.74, 6) is -0.440. The molecule has 0 amide bonds. The van der Waals surface area contributed by atoms with Crippen LogP contribution >= 0.6 is 0 Å². The Morgan fingerprint density at radius 2 is 1.41 bits per heavy atom. The monoisotopic (exact) mass is 297 g/mol. The van der Waals surface area contributed by atoms with Gasteiger partial charge in [-0.15, -0.1) is 0 Å². The van der Waals surface area contributed by atoms with Gasteiger partial charge >= 0.3 is 5.97 Å². The predicted octanol–water partition coefficient (Wildman–Crippen LogP) is 3.15. The van der Waals surface area contributed by atoms with E-state index in [1.165, 1.54) is 11.1 Å². The molecule has 0 aliphatic carbocycles. The molecule has 2 rings (SSSR count). The summed E-state index contributed by atoms with van der Waals surface area (Å²) in [6.07, 6.45) is 1.88. The number of aliphatic carboxylic acids is 1. The molecule has 22 heavy (non-hydrogen) atoms. The van der Waals surface area contributed by atoms with Crippen molar-refractivity contribution in [1.82, 2.24) is 5.32 Å². The molecule has 0 aromatic heterocycles. The van der Waals surface area contributed by atoms with E-state index in [9.17, 15) is 4.79 Å². The van der Waals surface area contributed by atoms with E-state index in [-0.39, 0.29) is 0 Å². The van der Waals surface area contributed by atoms with E-state index in [0.717, 1.165) is 12.8 Å². The Morgan fingerprint density at radius 3 is 1.82 bits per heavy atom. The summed E-state index contributed by atoms with van der Waals surface area (Å²) in [4.78, 5) is 11.0. The van der Waals surface area contributed by atoms with Gasteiger partial charge in [0.05, 0.1) is 0 Å². The lowest BCUT2D eigenvalue weighted by atomic mass is 9.92. The Kier molecular flexibility index (Phi) is 6.16. The summed E-state index contributed by atoms with van der Waals surface area (Å²) in [6.45, 7) is 2.38. The summed E-state index contributed by atoms with van der Waals surface area (Å²) in [7, 11) is 0. The number of nitrogens with one attached hydrogen (secondary N) is 1. The average molecular weight is 297 g/mol. The lowest BCUT2D eigenvalue weighted by Gasteiger charge is -2.19. The van der Waals surface area contributed by atoms with Crippen molar-refractivity contribution in [2.75, 3.05) is 6.54 Å². The van der Waals surface area contributed by atoms with Gasteiger partial charge in [0.2, 0.25) is 0 Å². The third-order valence-electron chi connectivity index (χ3n) is 3.82. The van der Waals surface area contributed by atoms with Crippen LogP contribution in [0.3, 0.4) is 0 Å². The van der Waals surface area contributed by atoms with Crippen LogP contribution in [-0.4, -0.2) is 23.7 Å². The average Bonchev–Trinajstić information content (AvgIpc) is 2.54. The molecule has 1 atom stereocenters. The van der Waals surface area contributed by atoms with Gasteiger partial charge in [-0.3, -0.25) is 4.79 Å². The molecule has 0 saturated carbocycles. The fourth-order valence-electron chi connectivity index (χ4n) is 2.54. The highest BCUT2D eigenvalue weighted by Crippen LogP contribution is 2.14. The molecular formula is C19H23NO2. The van der Waals surface area contributed by atoms with E-state index in [4.69, 9.17) is 5.11 Å². The van der Waals surface area contributed by atoms with Crippen molar-refractivity contribution >= 4 is 5.97 Å². The van der Waals surface area contributed by atoms with Crippen molar-refractivity contribution in [3.8, 4) is 0 Å². The van der Waals surface area contributed by atoms with Crippen LogP contribution in [0, 0.1) is 5.92 Å². The lowest BCUT2D eigenvalue weighted by molar-refractivity contribution is -0.139. The lowest BCUT2D eigenvalue weighted by Crippen LogP contribution is -2.38. The maximum atomic E-state index is 11.0. The summed E-state index contributed by atoms with van der Waals surface area (Å²) < 4.78 is 0. The zero-order valence-corrected chi connectivity index (χ0v) is 12.9. The molecule has 0 aliphatic rings. The SMILES string of the molecule is C[C@H](NCC(Cc1ccccc1)Cc1ccccc1)C(=O)O. The zero-order valence-electron chi connectivity index (χ0n) is 12.9. The van der Waals surface area contributed by atoms with Gasteiger partial charge in [-0.1, -0.05) is 60.7 Å². The smallest absolute Gasteiger partial charge is 0.320 e. The normalized spacial score (nSPS) is 12.3. The number of benzene rings is 2. The molecule has 0 radical (unpaired) electrons. The first kappa shape index (κ1) is 16.2. The minimum absolute atomic E-state index is 0.367. The summed E-state index contributed by atoms with van der Waals surface area (Å²) >= 11 is 0. The number of hydrogen-bond donors (Lipinski definition) is 2. The van der Waals surface area contributed by atoms with E-state index in [1.807, 2.05) is 36.4 Å². The molecule has 0 aliphatic heterocycles. The van der Waals surface area contributed by atoms with Crippen molar-refractivity contribution in [3.05, 3.63) is 71.8 Å². The molecule has 0 fully saturated rings. The maximum absolute atomic E-state index is 11.0. The van der Waals surface area contributed by atoms with E-state index < -0.39 is 12.0 Å². The van der Waals surface area contributed by atoms with Gasteiger partial charge in [0.25, 0.3) is 0 Å². The van der Waals surface area contributed by atoms with E-state index in [2.05, 4.69) is 29.6 Å². The van der Waals surface area contributed by atoms with Gasteiger partial charge in [-0.25, -0.2) is 0 Å². The Morgan fingerprint density at radius 1 is 0.955 bits per heavy atom. The van der Waals surface area contributed by atoms with E-state index in [0.29, 0.717) is 12.5 Å². The minimum Gasteiger partial charge on any atom is -0.480 e. The van der Waals surface area contributed by atoms with Crippen LogP contribution in [0.1, 0.15) is 18.1 Å². The fourth-order valence-corrected chi connectivity index (χ4v) is 2.54. The van der Waals surface area contributed by atoms with Crippen molar-refractivity contribution in [1.29, 1.82) is 0 Å². The van der Waals surface area contributed by atoms with Gasteiger partial charge in [0.1, 0.15) is 6.04 Å². The molecule has 0 bridgehead atoms. The standard InChI is InChI=1S/C19H23NO2/c1-15(19(21)22)20-14-18(12-16-8-4-2-5-9-16)13-17-10-6-3-7-11-17/h2-11,15,18,20H,12-14H2,1H3,(H,21,22)/t15-/m0/s1. The quantitative estimate of drug-likeness (QED) is 0.787. The molecule has 2 N–H and O–H groups in total. The van der Waals surface area contributed by atoms with Crippen LogP contribution in [0.5, 0.6) is 0 Å². The number of carboxylic acid groups (broad SMARTS) is 1. The third kappa shape index (κ3) is 5.34. The topological polar surface area (TPSA) is 49.3 Å². The van der Waals surface area contributed by atoms with Crippen LogP contribution in [0.15, 0.2) is 60.7 Å². The minimum atomic E-state index is -0.807.